The quantitative estimate of drug-likeness (QED) is 0.201. The average Bonchev–Trinajstić information content (AvgIpc) is 2.75. The van der Waals surface area contributed by atoms with E-state index in [0.717, 1.165) is 17.9 Å². The molecule has 0 radical (unpaired) electrons. The van der Waals surface area contributed by atoms with Crippen molar-refractivity contribution in [3.8, 4) is 5.75 Å². The van der Waals surface area contributed by atoms with Gasteiger partial charge in [0.2, 0.25) is 10.0 Å². The molecule has 0 spiro atoms. The van der Waals surface area contributed by atoms with Crippen LogP contribution < -0.4 is 15.4 Å². The minimum Gasteiger partial charge on any atom is -0.492 e. The highest BCUT2D eigenvalue weighted by Gasteiger charge is 2.22. The molecule has 2 aromatic carbocycles. The maximum Gasteiger partial charge on any atom is 0.243 e. The smallest absolute Gasteiger partial charge is 0.243 e. The predicted octanol–water partition coefficient (Wildman–Crippen LogP) is 3.47. The Morgan fingerprint density at radius 3 is 2.29 bits per heavy atom. The van der Waals surface area contributed by atoms with Crippen molar-refractivity contribution < 1.29 is 13.2 Å². The molecule has 0 atom stereocenters. The van der Waals surface area contributed by atoms with Gasteiger partial charge in [0.25, 0.3) is 0 Å². The van der Waals surface area contributed by atoms with Crippen LogP contribution in [0.15, 0.2) is 64.5 Å². The Hall–Kier alpha value is -1.85. The van der Waals surface area contributed by atoms with Gasteiger partial charge in [0.15, 0.2) is 5.96 Å². The van der Waals surface area contributed by atoms with Gasteiger partial charge in [-0.2, -0.15) is 4.31 Å². The highest BCUT2D eigenvalue weighted by Crippen LogP contribution is 2.17. The molecule has 0 aliphatic heterocycles. The fourth-order valence-corrected chi connectivity index (χ4v) is 3.95. The highest BCUT2D eigenvalue weighted by atomic mass is 127. The molecule has 0 saturated carbocycles. The number of rotatable bonds is 10. The summed E-state index contributed by atoms with van der Waals surface area (Å²) < 4.78 is 32.1. The first kappa shape index (κ1) is 27.2. The van der Waals surface area contributed by atoms with Gasteiger partial charge in [-0.3, -0.25) is 0 Å². The number of nitrogens with zero attached hydrogens (tertiary/aromatic N) is 2. The first-order valence-corrected chi connectivity index (χ1v) is 11.6. The molecule has 0 bridgehead atoms. The molecular formula is C22H33IN4O3S. The summed E-state index contributed by atoms with van der Waals surface area (Å²) in [6.45, 7) is 8.01. The maximum atomic E-state index is 12.6. The minimum atomic E-state index is -3.47. The lowest BCUT2D eigenvalue weighted by Gasteiger charge is -2.21. The Bertz CT molecular complexity index is 904. The summed E-state index contributed by atoms with van der Waals surface area (Å²) in [4.78, 5) is 4.85. The number of guanidine groups is 1. The molecule has 7 nitrogen and oxygen atoms in total. The molecule has 0 aliphatic rings. The molecule has 2 rings (SSSR count). The van der Waals surface area contributed by atoms with Crippen LogP contribution in [0.3, 0.4) is 0 Å². The number of para-hydroxylation sites is 1. The monoisotopic (exact) mass is 560 g/mol. The third-order valence-corrected chi connectivity index (χ3v) is 6.55. The largest absolute Gasteiger partial charge is 0.492 e. The van der Waals surface area contributed by atoms with Gasteiger partial charge in [-0.25, -0.2) is 13.4 Å². The summed E-state index contributed by atoms with van der Waals surface area (Å²) in [5.74, 6) is 1.52. The maximum absolute atomic E-state index is 12.6. The van der Waals surface area contributed by atoms with E-state index in [-0.39, 0.29) is 34.9 Å². The van der Waals surface area contributed by atoms with Gasteiger partial charge >= 0.3 is 0 Å². The van der Waals surface area contributed by atoms with Crippen LogP contribution in [-0.4, -0.2) is 51.5 Å². The zero-order valence-corrected chi connectivity index (χ0v) is 21.7. The van der Waals surface area contributed by atoms with Crippen molar-refractivity contribution in [1.82, 2.24) is 14.9 Å². The standard InChI is InChI=1S/C22H32N4O3S.HI/c1-5-23-22(24-15-16-29-20-9-7-6-8-10-20)25-17-19-11-13-21(14-12-19)30(27,28)26(4)18(2)3;/h6-14,18H,5,15-17H2,1-4H3,(H2,23,24,25);1H. The van der Waals surface area contributed by atoms with Crippen molar-refractivity contribution in [3.05, 3.63) is 60.2 Å². The van der Waals surface area contributed by atoms with E-state index in [1.807, 2.05) is 51.1 Å². The molecule has 2 N–H and O–H groups in total. The van der Waals surface area contributed by atoms with Crippen molar-refractivity contribution in [2.75, 3.05) is 26.7 Å². The van der Waals surface area contributed by atoms with Gasteiger partial charge in [0, 0.05) is 19.6 Å². The van der Waals surface area contributed by atoms with E-state index in [2.05, 4.69) is 15.6 Å². The van der Waals surface area contributed by atoms with Crippen molar-refractivity contribution in [1.29, 1.82) is 0 Å². The normalized spacial score (nSPS) is 11.9. The predicted molar refractivity (Wildman–Crippen MR) is 137 cm³/mol. The van der Waals surface area contributed by atoms with E-state index in [0.29, 0.717) is 25.7 Å². The fourth-order valence-electron chi connectivity index (χ4n) is 2.58. The van der Waals surface area contributed by atoms with E-state index in [1.165, 1.54) is 4.31 Å². The third kappa shape index (κ3) is 8.66. The fraction of sp³-hybridized carbons (Fsp3) is 0.409. The SMILES string of the molecule is CCNC(=NCc1ccc(S(=O)(=O)N(C)C(C)C)cc1)NCCOc1ccccc1.I. The molecule has 0 aromatic heterocycles. The van der Waals surface area contributed by atoms with Crippen LogP contribution in [0.2, 0.25) is 0 Å². The second kappa shape index (κ2) is 13.5. The lowest BCUT2D eigenvalue weighted by molar-refractivity contribution is 0.322. The second-order valence-corrected chi connectivity index (χ2v) is 9.04. The Morgan fingerprint density at radius 2 is 1.71 bits per heavy atom. The van der Waals surface area contributed by atoms with E-state index in [9.17, 15) is 8.42 Å². The van der Waals surface area contributed by atoms with E-state index in [1.54, 1.807) is 31.3 Å². The molecule has 2 aromatic rings. The molecule has 0 fully saturated rings. The average molecular weight is 561 g/mol. The number of aliphatic imine (C=N–C) groups is 1. The molecule has 31 heavy (non-hydrogen) atoms. The molecule has 0 amide bonds. The van der Waals surface area contributed by atoms with Crippen LogP contribution in [-0.2, 0) is 16.6 Å². The van der Waals surface area contributed by atoms with Gasteiger partial charge in [-0.15, -0.1) is 24.0 Å². The Balaban J connectivity index is 0.00000480. The summed E-state index contributed by atoms with van der Waals surface area (Å²) in [6, 6.07) is 16.4. The summed E-state index contributed by atoms with van der Waals surface area (Å²) >= 11 is 0. The molecule has 0 unspecified atom stereocenters. The lowest BCUT2D eigenvalue weighted by atomic mass is 10.2. The summed E-state index contributed by atoms with van der Waals surface area (Å²) in [7, 11) is -1.88. The zero-order valence-electron chi connectivity index (χ0n) is 18.5. The summed E-state index contributed by atoms with van der Waals surface area (Å²) in [6.07, 6.45) is 0. The topological polar surface area (TPSA) is 83.0 Å². The zero-order chi connectivity index (χ0) is 22.0. The highest BCUT2D eigenvalue weighted by molar-refractivity contribution is 14.0. The molecule has 172 valence electrons. The minimum absolute atomic E-state index is 0. The number of benzene rings is 2. The second-order valence-electron chi connectivity index (χ2n) is 7.04. The van der Waals surface area contributed by atoms with Gasteiger partial charge in [-0.05, 0) is 50.6 Å². The van der Waals surface area contributed by atoms with Crippen LogP contribution in [0.25, 0.3) is 0 Å². The number of sulfonamides is 1. The van der Waals surface area contributed by atoms with Crippen molar-refractivity contribution in [2.45, 2.75) is 38.3 Å². The van der Waals surface area contributed by atoms with Crippen LogP contribution in [0.5, 0.6) is 5.75 Å². The number of nitrogens with one attached hydrogen (secondary N) is 2. The number of hydrogen-bond acceptors (Lipinski definition) is 4. The van der Waals surface area contributed by atoms with Crippen molar-refractivity contribution in [3.63, 3.8) is 0 Å². The number of ether oxygens (including phenoxy) is 1. The van der Waals surface area contributed by atoms with Gasteiger partial charge < -0.3 is 15.4 Å². The molecule has 0 aliphatic carbocycles. The van der Waals surface area contributed by atoms with Gasteiger partial charge in [0.1, 0.15) is 12.4 Å². The molecule has 9 heteroatoms. The Labute approximate surface area is 203 Å². The first-order chi connectivity index (χ1) is 14.3. The van der Waals surface area contributed by atoms with E-state index in [4.69, 9.17) is 4.74 Å². The van der Waals surface area contributed by atoms with Crippen LogP contribution in [0, 0.1) is 0 Å². The summed E-state index contributed by atoms with van der Waals surface area (Å²) in [5.41, 5.74) is 0.930. The molecule has 0 heterocycles. The summed E-state index contributed by atoms with van der Waals surface area (Å²) in [5, 5.41) is 6.43. The molecular weight excluding hydrogens is 527 g/mol. The van der Waals surface area contributed by atoms with Gasteiger partial charge in [0.05, 0.1) is 18.0 Å². The van der Waals surface area contributed by atoms with Crippen LogP contribution >= 0.6 is 24.0 Å². The Kier molecular flexibility index (Phi) is 11.9. The van der Waals surface area contributed by atoms with Gasteiger partial charge in [-0.1, -0.05) is 30.3 Å². The number of hydrogen-bond donors (Lipinski definition) is 2. The Morgan fingerprint density at radius 1 is 1.06 bits per heavy atom. The molecule has 0 saturated heterocycles. The van der Waals surface area contributed by atoms with E-state index >= 15 is 0 Å². The third-order valence-electron chi connectivity index (χ3n) is 4.50. The lowest BCUT2D eigenvalue weighted by Crippen LogP contribution is -2.39. The van der Waals surface area contributed by atoms with Crippen LogP contribution in [0.4, 0.5) is 0 Å². The van der Waals surface area contributed by atoms with Crippen molar-refractivity contribution >= 4 is 40.0 Å². The van der Waals surface area contributed by atoms with Crippen molar-refractivity contribution in [2.24, 2.45) is 4.99 Å². The first-order valence-electron chi connectivity index (χ1n) is 10.1. The van der Waals surface area contributed by atoms with Crippen LogP contribution in [0.1, 0.15) is 26.3 Å². The number of halogens is 1. The van der Waals surface area contributed by atoms with E-state index < -0.39 is 10.0 Å².